The van der Waals surface area contributed by atoms with Crippen molar-refractivity contribution in [3.8, 4) is 0 Å². The zero-order valence-electron chi connectivity index (χ0n) is 16.7. The zero-order valence-corrected chi connectivity index (χ0v) is 16.7. The maximum absolute atomic E-state index is 12.9. The highest BCUT2D eigenvalue weighted by molar-refractivity contribution is 5.91. The Bertz CT molecular complexity index is 452. The summed E-state index contributed by atoms with van der Waals surface area (Å²) in [4.78, 5) is 30.0. The Hall–Kier alpha value is -1.14. The summed E-state index contributed by atoms with van der Waals surface area (Å²) < 4.78 is 5.40. The van der Waals surface area contributed by atoms with Gasteiger partial charge >= 0.3 is 0 Å². The van der Waals surface area contributed by atoms with Crippen LogP contribution in [0.5, 0.6) is 0 Å². The summed E-state index contributed by atoms with van der Waals surface area (Å²) in [6, 6.07) is 0. The van der Waals surface area contributed by atoms with E-state index >= 15 is 0 Å². The topological polar surface area (TPSA) is 61.9 Å². The van der Waals surface area contributed by atoms with Gasteiger partial charge in [-0.15, -0.1) is 0 Å². The maximum atomic E-state index is 12.9. The standard InChI is InChI=1S/C20H37N3O3/c1-3-4-11-21-19(25)20(2)10-7-5-6-9-18(24)23(20)13-8-12-22-14-16-26-17-15-22/h3-17H2,1-2H3,(H,21,25). The van der Waals surface area contributed by atoms with E-state index in [2.05, 4.69) is 17.1 Å². The van der Waals surface area contributed by atoms with E-state index in [0.29, 0.717) is 19.5 Å². The van der Waals surface area contributed by atoms with E-state index in [4.69, 9.17) is 4.74 Å². The molecule has 2 aliphatic heterocycles. The summed E-state index contributed by atoms with van der Waals surface area (Å²) in [6.07, 6.45) is 7.24. The average Bonchev–Trinajstić information content (AvgIpc) is 2.64. The molecule has 0 bridgehead atoms. The van der Waals surface area contributed by atoms with Crippen LogP contribution in [0.2, 0.25) is 0 Å². The summed E-state index contributed by atoms with van der Waals surface area (Å²) in [5.41, 5.74) is -0.712. The molecule has 0 radical (unpaired) electrons. The van der Waals surface area contributed by atoms with Crippen molar-refractivity contribution in [2.24, 2.45) is 0 Å². The lowest BCUT2D eigenvalue weighted by atomic mass is 9.88. The van der Waals surface area contributed by atoms with E-state index in [9.17, 15) is 9.59 Å². The van der Waals surface area contributed by atoms with Gasteiger partial charge in [0.1, 0.15) is 5.54 Å². The molecule has 2 heterocycles. The highest BCUT2D eigenvalue weighted by Crippen LogP contribution is 2.28. The van der Waals surface area contributed by atoms with Crippen molar-refractivity contribution in [2.45, 2.75) is 70.8 Å². The monoisotopic (exact) mass is 367 g/mol. The number of nitrogens with one attached hydrogen (secondary N) is 1. The normalized spacial score (nSPS) is 25.6. The molecule has 0 aromatic heterocycles. The molecule has 0 saturated carbocycles. The van der Waals surface area contributed by atoms with Crippen LogP contribution in [0.4, 0.5) is 0 Å². The number of hydrogen-bond acceptors (Lipinski definition) is 4. The molecular formula is C20H37N3O3. The van der Waals surface area contributed by atoms with E-state index in [1.165, 1.54) is 0 Å². The van der Waals surface area contributed by atoms with Crippen molar-refractivity contribution in [1.29, 1.82) is 0 Å². The minimum atomic E-state index is -0.712. The third kappa shape index (κ3) is 5.95. The maximum Gasteiger partial charge on any atom is 0.245 e. The van der Waals surface area contributed by atoms with Crippen LogP contribution in [0.3, 0.4) is 0 Å². The molecule has 2 amide bonds. The van der Waals surface area contributed by atoms with Gasteiger partial charge in [-0.05, 0) is 32.6 Å². The fourth-order valence-corrected chi connectivity index (χ4v) is 3.92. The van der Waals surface area contributed by atoms with Crippen LogP contribution in [0.1, 0.15) is 65.2 Å². The van der Waals surface area contributed by atoms with E-state index < -0.39 is 5.54 Å². The van der Waals surface area contributed by atoms with Crippen molar-refractivity contribution in [2.75, 3.05) is 45.9 Å². The molecule has 6 heteroatoms. The molecule has 0 aromatic rings. The predicted molar refractivity (Wildman–Crippen MR) is 103 cm³/mol. The third-order valence-corrected chi connectivity index (χ3v) is 5.72. The first-order chi connectivity index (χ1) is 12.6. The van der Waals surface area contributed by atoms with Gasteiger partial charge in [0.25, 0.3) is 0 Å². The Balaban J connectivity index is 1.99. The Morgan fingerprint density at radius 1 is 1.15 bits per heavy atom. The van der Waals surface area contributed by atoms with Gasteiger partial charge in [0.2, 0.25) is 11.8 Å². The number of ether oxygens (including phenoxy) is 1. The van der Waals surface area contributed by atoms with Crippen molar-refractivity contribution < 1.29 is 14.3 Å². The number of unbranched alkanes of at least 4 members (excludes halogenated alkanes) is 1. The molecule has 2 saturated heterocycles. The molecule has 0 aliphatic carbocycles. The smallest absolute Gasteiger partial charge is 0.245 e. The lowest BCUT2D eigenvalue weighted by Crippen LogP contribution is -2.60. The Kier molecular flexibility index (Phi) is 8.85. The van der Waals surface area contributed by atoms with Crippen molar-refractivity contribution >= 4 is 11.8 Å². The van der Waals surface area contributed by atoms with E-state index in [1.54, 1.807) is 0 Å². The molecule has 2 fully saturated rings. The third-order valence-electron chi connectivity index (χ3n) is 5.72. The number of morpholine rings is 1. The van der Waals surface area contributed by atoms with Crippen LogP contribution < -0.4 is 5.32 Å². The van der Waals surface area contributed by atoms with Crippen molar-refractivity contribution in [3.05, 3.63) is 0 Å². The molecule has 1 unspecified atom stereocenters. The quantitative estimate of drug-likeness (QED) is 0.668. The number of hydrogen-bond donors (Lipinski definition) is 1. The fraction of sp³-hybridized carbons (Fsp3) is 0.900. The number of nitrogens with zero attached hydrogens (tertiary/aromatic N) is 2. The number of amides is 2. The van der Waals surface area contributed by atoms with Gasteiger partial charge in [0.05, 0.1) is 13.2 Å². The number of carbonyl (C=O) groups is 2. The molecule has 6 nitrogen and oxygen atoms in total. The Morgan fingerprint density at radius 3 is 2.65 bits per heavy atom. The first kappa shape index (κ1) is 21.2. The number of carbonyl (C=O) groups excluding carboxylic acids is 2. The van der Waals surface area contributed by atoms with Crippen LogP contribution in [-0.2, 0) is 14.3 Å². The van der Waals surface area contributed by atoms with Crippen molar-refractivity contribution in [3.63, 3.8) is 0 Å². The summed E-state index contributed by atoms with van der Waals surface area (Å²) in [6.45, 7) is 9.90. The van der Waals surface area contributed by atoms with Gasteiger partial charge in [-0.3, -0.25) is 14.5 Å². The van der Waals surface area contributed by atoms with Crippen LogP contribution in [0, 0.1) is 0 Å². The molecule has 150 valence electrons. The highest BCUT2D eigenvalue weighted by atomic mass is 16.5. The number of likely N-dealkylation sites (tertiary alicyclic amines) is 1. The van der Waals surface area contributed by atoms with Crippen LogP contribution in [-0.4, -0.2) is 73.1 Å². The largest absolute Gasteiger partial charge is 0.379 e. The van der Waals surface area contributed by atoms with Crippen LogP contribution >= 0.6 is 0 Å². The summed E-state index contributed by atoms with van der Waals surface area (Å²) >= 11 is 0. The van der Waals surface area contributed by atoms with Gasteiger partial charge in [0, 0.05) is 39.1 Å². The molecular weight excluding hydrogens is 330 g/mol. The minimum Gasteiger partial charge on any atom is -0.379 e. The summed E-state index contributed by atoms with van der Waals surface area (Å²) in [5.74, 6) is 0.160. The van der Waals surface area contributed by atoms with Gasteiger partial charge in [-0.2, -0.15) is 0 Å². The predicted octanol–water partition coefficient (Wildman–Crippen LogP) is 2.18. The van der Waals surface area contributed by atoms with Crippen molar-refractivity contribution in [1.82, 2.24) is 15.1 Å². The molecule has 26 heavy (non-hydrogen) atoms. The lowest BCUT2D eigenvalue weighted by molar-refractivity contribution is -0.148. The average molecular weight is 368 g/mol. The second-order valence-electron chi connectivity index (χ2n) is 7.80. The Morgan fingerprint density at radius 2 is 1.92 bits per heavy atom. The van der Waals surface area contributed by atoms with E-state index in [1.807, 2.05) is 11.8 Å². The van der Waals surface area contributed by atoms with E-state index in [-0.39, 0.29) is 11.8 Å². The summed E-state index contributed by atoms with van der Waals surface area (Å²) in [7, 11) is 0. The minimum absolute atomic E-state index is 0.0209. The van der Waals surface area contributed by atoms with Gasteiger partial charge < -0.3 is 15.0 Å². The van der Waals surface area contributed by atoms with Gasteiger partial charge in [-0.25, -0.2) is 0 Å². The van der Waals surface area contributed by atoms with Gasteiger partial charge in [-0.1, -0.05) is 26.2 Å². The SMILES string of the molecule is CCCCNC(=O)C1(C)CCCCCC(=O)N1CCCN1CCOCC1. The lowest BCUT2D eigenvalue weighted by Gasteiger charge is -2.42. The van der Waals surface area contributed by atoms with E-state index in [0.717, 1.165) is 77.8 Å². The Labute approximate surface area is 158 Å². The summed E-state index contributed by atoms with van der Waals surface area (Å²) in [5, 5.41) is 3.07. The zero-order chi connectivity index (χ0) is 18.8. The second kappa shape index (κ2) is 10.9. The molecule has 1 N–H and O–H groups in total. The molecule has 1 atom stereocenters. The first-order valence-electron chi connectivity index (χ1n) is 10.5. The molecule has 2 aliphatic rings. The molecule has 2 rings (SSSR count). The number of rotatable bonds is 8. The second-order valence-corrected chi connectivity index (χ2v) is 7.80. The van der Waals surface area contributed by atoms with Crippen LogP contribution in [0.15, 0.2) is 0 Å². The fourth-order valence-electron chi connectivity index (χ4n) is 3.92. The highest BCUT2D eigenvalue weighted by Gasteiger charge is 2.41. The molecule has 0 spiro atoms. The van der Waals surface area contributed by atoms with Gasteiger partial charge in [0.15, 0.2) is 0 Å². The first-order valence-corrected chi connectivity index (χ1v) is 10.5. The van der Waals surface area contributed by atoms with Crippen LogP contribution in [0.25, 0.3) is 0 Å². The molecule has 0 aromatic carbocycles.